The van der Waals surface area contributed by atoms with Gasteiger partial charge in [-0.2, -0.15) is 0 Å². The molecule has 0 radical (unpaired) electrons. The van der Waals surface area contributed by atoms with Gasteiger partial charge in [0.2, 0.25) is 0 Å². The quantitative estimate of drug-likeness (QED) is 0.293. The number of allylic oxidation sites excluding steroid dienone is 1. The number of hydrogen-bond acceptors (Lipinski definition) is 4. The minimum atomic E-state index is 0.258. The number of rotatable bonds is 8. The molecule has 5 nitrogen and oxygen atoms in total. The lowest BCUT2D eigenvalue weighted by Gasteiger charge is -2.36. The molecule has 0 aliphatic carbocycles. The highest BCUT2D eigenvalue weighted by Crippen LogP contribution is 2.29. The molecule has 2 aliphatic rings. The first-order valence-corrected chi connectivity index (χ1v) is 14.0. The smallest absolute Gasteiger partial charge is 0.151 e. The summed E-state index contributed by atoms with van der Waals surface area (Å²) in [6.45, 7) is 13.4. The van der Waals surface area contributed by atoms with Crippen LogP contribution < -0.4 is 5.32 Å². The van der Waals surface area contributed by atoms with Crippen molar-refractivity contribution in [1.82, 2.24) is 15.1 Å². The van der Waals surface area contributed by atoms with E-state index >= 15 is 0 Å². The molecule has 2 N–H and O–H groups in total. The number of amidine groups is 1. The summed E-state index contributed by atoms with van der Waals surface area (Å²) in [7, 11) is 0. The number of nitrogens with one attached hydrogen (secondary N) is 2. The van der Waals surface area contributed by atoms with E-state index in [0.717, 1.165) is 75.5 Å². The molecule has 0 aromatic heterocycles. The predicted octanol–water partition coefficient (Wildman–Crippen LogP) is 5.81. The van der Waals surface area contributed by atoms with Gasteiger partial charge in [0.05, 0.1) is 6.21 Å². The van der Waals surface area contributed by atoms with Crippen LogP contribution in [0.15, 0.2) is 96.1 Å². The third-order valence-corrected chi connectivity index (χ3v) is 7.82. The minimum absolute atomic E-state index is 0.258. The van der Waals surface area contributed by atoms with Crippen LogP contribution in [-0.2, 0) is 6.42 Å². The Morgan fingerprint density at radius 1 is 0.974 bits per heavy atom. The fourth-order valence-electron chi connectivity index (χ4n) is 5.32. The van der Waals surface area contributed by atoms with Gasteiger partial charge in [0.15, 0.2) is 5.84 Å². The Kier molecular flexibility index (Phi) is 8.82. The summed E-state index contributed by atoms with van der Waals surface area (Å²) in [4.78, 5) is 9.23. The molecule has 0 saturated carbocycles. The number of benzene rings is 3. The summed E-state index contributed by atoms with van der Waals surface area (Å²) in [5.41, 5.74) is 9.50. The van der Waals surface area contributed by atoms with Gasteiger partial charge in [-0.05, 0) is 65.8 Å². The largest absolute Gasteiger partial charge is 0.368 e. The Balaban J connectivity index is 1.14. The van der Waals surface area contributed by atoms with Gasteiger partial charge >= 0.3 is 0 Å². The van der Waals surface area contributed by atoms with E-state index in [1.807, 2.05) is 12.1 Å². The molecular weight excluding hydrogens is 478 g/mol. The van der Waals surface area contributed by atoms with Gasteiger partial charge in [-0.25, -0.2) is 4.99 Å². The van der Waals surface area contributed by atoms with Gasteiger partial charge in [0.1, 0.15) is 0 Å². The number of nitrogens with zero attached hydrogens (tertiary/aromatic N) is 3. The maximum absolute atomic E-state index is 8.50. The first-order valence-electron chi connectivity index (χ1n) is 14.0. The molecule has 2 aliphatic heterocycles. The molecule has 39 heavy (non-hydrogen) atoms. The Morgan fingerprint density at radius 2 is 1.72 bits per heavy atom. The maximum atomic E-state index is 8.50. The number of piperazine rings is 1. The van der Waals surface area contributed by atoms with E-state index in [0.29, 0.717) is 0 Å². The molecule has 0 spiro atoms. The monoisotopic (exact) mass is 517 g/mol. The highest BCUT2D eigenvalue weighted by Gasteiger charge is 2.17. The van der Waals surface area contributed by atoms with Crippen molar-refractivity contribution in [2.75, 3.05) is 45.8 Å². The van der Waals surface area contributed by atoms with Crippen LogP contribution in [0.1, 0.15) is 28.7 Å². The van der Waals surface area contributed by atoms with Gasteiger partial charge in [-0.3, -0.25) is 10.3 Å². The first-order chi connectivity index (χ1) is 19.1. The number of hydrogen-bond donors (Lipinski definition) is 2. The van der Waals surface area contributed by atoms with Crippen molar-refractivity contribution in [2.45, 2.75) is 19.8 Å². The Labute approximate surface area is 233 Å². The third kappa shape index (κ3) is 6.99. The van der Waals surface area contributed by atoms with Crippen molar-refractivity contribution < 1.29 is 0 Å². The van der Waals surface area contributed by atoms with Crippen LogP contribution in [-0.4, -0.2) is 67.7 Å². The van der Waals surface area contributed by atoms with Gasteiger partial charge in [-0.1, -0.05) is 79.4 Å². The SMILES string of the molecule is C=C(C=NC(=N)c1ccc(-c2ccc(C)c(C3=CCNCC3)c2)cc1)N1CCN(CCc2ccccc2)CC1. The molecule has 0 bridgehead atoms. The topological polar surface area (TPSA) is 54.7 Å². The lowest BCUT2D eigenvalue weighted by atomic mass is 9.92. The van der Waals surface area contributed by atoms with E-state index in [1.165, 1.54) is 27.8 Å². The van der Waals surface area contributed by atoms with Crippen LogP contribution in [0.5, 0.6) is 0 Å². The second-order valence-electron chi connectivity index (χ2n) is 10.5. The van der Waals surface area contributed by atoms with Gasteiger partial charge < -0.3 is 10.2 Å². The van der Waals surface area contributed by atoms with Crippen molar-refractivity contribution in [3.05, 3.63) is 113 Å². The Morgan fingerprint density at radius 3 is 2.44 bits per heavy atom. The Bertz CT molecular complexity index is 1350. The number of aliphatic imine (C=N–C) groups is 1. The van der Waals surface area contributed by atoms with Crippen molar-refractivity contribution in [3.8, 4) is 11.1 Å². The summed E-state index contributed by atoms with van der Waals surface area (Å²) in [6.07, 6.45) is 6.19. The zero-order chi connectivity index (χ0) is 27.0. The van der Waals surface area contributed by atoms with Crippen molar-refractivity contribution >= 4 is 17.6 Å². The molecule has 0 unspecified atom stereocenters. The van der Waals surface area contributed by atoms with Crippen LogP contribution in [0.25, 0.3) is 16.7 Å². The summed E-state index contributed by atoms with van der Waals surface area (Å²) in [6, 6.07) is 25.5. The first kappa shape index (κ1) is 26.8. The molecule has 5 rings (SSSR count). The normalized spacial score (nSPS) is 16.3. The average molecular weight is 518 g/mol. The van der Waals surface area contributed by atoms with Crippen LogP contribution in [0, 0.1) is 12.3 Å². The van der Waals surface area contributed by atoms with E-state index in [4.69, 9.17) is 5.41 Å². The van der Waals surface area contributed by atoms with Crippen LogP contribution >= 0.6 is 0 Å². The summed E-state index contributed by atoms with van der Waals surface area (Å²) >= 11 is 0. The maximum Gasteiger partial charge on any atom is 0.151 e. The summed E-state index contributed by atoms with van der Waals surface area (Å²) in [5.74, 6) is 0.258. The van der Waals surface area contributed by atoms with Crippen molar-refractivity contribution in [1.29, 1.82) is 5.41 Å². The van der Waals surface area contributed by atoms with Crippen LogP contribution in [0.3, 0.4) is 0 Å². The minimum Gasteiger partial charge on any atom is -0.368 e. The molecule has 3 aromatic rings. The van der Waals surface area contributed by atoms with Crippen LogP contribution in [0.4, 0.5) is 0 Å². The van der Waals surface area contributed by atoms with Crippen molar-refractivity contribution in [2.24, 2.45) is 4.99 Å². The van der Waals surface area contributed by atoms with E-state index in [2.05, 4.69) is 100 Å². The van der Waals surface area contributed by atoms with E-state index in [9.17, 15) is 0 Å². The van der Waals surface area contributed by atoms with E-state index in [-0.39, 0.29) is 5.84 Å². The molecular formula is C34H39N5. The van der Waals surface area contributed by atoms with Gasteiger partial charge in [-0.15, -0.1) is 0 Å². The fourth-order valence-corrected chi connectivity index (χ4v) is 5.32. The number of aryl methyl sites for hydroxylation is 1. The second-order valence-corrected chi connectivity index (χ2v) is 10.5. The second kappa shape index (κ2) is 12.8. The van der Waals surface area contributed by atoms with E-state index < -0.39 is 0 Å². The van der Waals surface area contributed by atoms with Crippen LogP contribution in [0.2, 0.25) is 0 Å². The highest BCUT2D eigenvalue weighted by atomic mass is 15.3. The highest BCUT2D eigenvalue weighted by molar-refractivity contribution is 6.03. The summed E-state index contributed by atoms with van der Waals surface area (Å²) in [5, 5.41) is 11.9. The van der Waals surface area contributed by atoms with Crippen molar-refractivity contribution in [3.63, 3.8) is 0 Å². The lowest BCUT2D eigenvalue weighted by molar-refractivity contribution is 0.166. The molecule has 200 valence electrons. The molecule has 3 aromatic carbocycles. The molecule has 5 heteroatoms. The average Bonchev–Trinajstić information content (AvgIpc) is 3.00. The fraction of sp³-hybridized carbons (Fsp3) is 0.294. The lowest BCUT2D eigenvalue weighted by Crippen LogP contribution is -2.46. The van der Waals surface area contributed by atoms with E-state index in [1.54, 1.807) is 6.21 Å². The summed E-state index contributed by atoms with van der Waals surface area (Å²) < 4.78 is 0. The molecule has 1 fully saturated rings. The standard InChI is InChI=1S/C34H39N5/c1-26-8-9-32(24-33(26)30-14-17-36-18-15-30)29-10-12-31(13-11-29)34(35)37-25-27(2)39-22-20-38(21-23-39)19-16-28-6-4-3-5-7-28/h3-14,24-25,35-36H,2,15-23H2,1H3. The molecule has 0 amide bonds. The molecule has 0 atom stereocenters. The molecule has 2 heterocycles. The van der Waals surface area contributed by atoms with Gasteiger partial charge in [0.25, 0.3) is 0 Å². The zero-order valence-corrected chi connectivity index (χ0v) is 23.0. The Hall–Kier alpha value is -3.80. The third-order valence-electron chi connectivity index (χ3n) is 7.82. The zero-order valence-electron chi connectivity index (χ0n) is 23.0. The predicted molar refractivity (Wildman–Crippen MR) is 165 cm³/mol. The van der Waals surface area contributed by atoms with Gasteiger partial charge in [0, 0.05) is 50.5 Å². The molecule has 1 saturated heterocycles.